The number of sulfonamides is 1. The van der Waals surface area contributed by atoms with Gasteiger partial charge in [0.2, 0.25) is 21.7 Å². The summed E-state index contributed by atoms with van der Waals surface area (Å²) in [6.45, 7) is 3.92. The molecule has 7 nitrogen and oxygen atoms in total. The third-order valence-corrected chi connectivity index (χ3v) is 6.97. The standard InChI is InChI=1S/C20H20ClN3O4S/c1-20(2)16(17(20)24-29(25,26)13-7-5-4-6-8-13)19-22-18(23-28-19)14-11-12(21)9-10-15(14)27-3/h4-11,16-17,24H,1-3H3/t16-,17-/m1/s1. The van der Waals surface area contributed by atoms with E-state index in [2.05, 4.69) is 14.9 Å². The van der Waals surface area contributed by atoms with Crippen LogP contribution in [0, 0.1) is 5.41 Å². The van der Waals surface area contributed by atoms with Crippen LogP contribution in [0.25, 0.3) is 11.4 Å². The molecule has 0 saturated heterocycles. The van der Waals surface area contributed by atoms with E-state index in [0.717, 1.165) is 0 Å². The van der Waals surface area contributed by atoms with E-state index in [0.29, 0.717) is 28.1 Å². The molecule has 1 saturated carbocycles. The fraction of sp³-hybridized carbons (Fsp3) is 0.300. The molecule has 9 heteroatoms. The lowest BCUT2D eigenvalue weighted by molar-refractivity contribution is 0.367. The maximum atomic E-state index is 12.7. The molecule has 0 bridgehead atoms. The average Bonchev–Trinajstić information content (AvgIpc) is 3.03. The van der Waals surface area contributed by atoms with Crippen LogP contribution in [0.2, 0.25) is 5.02 Å². The third kappa shape index (κ3) is 3.63. The zero-order valence-corrected chi connectivity index (χ0v) is 17.7. The fourth-order valence-corrected chi connectivity index (χ4v) is 5.08. The second-order valence-electron chi connectivity index (χ2n) is 7.51. The van der Waals surface area contributed by atoms with Crippen molar-refractivity contribution in [2.24, 2.45) is 5.41 Å². The van der Waals surface area contributed by atoms with Crippen LogP contribution < -0.4 is 9.46 Å². The van der Waals surface area contributed by atoms with Gasteiger partial charge < -0.3 is 9.26 Å². The van der Waals surface area contributed by atoms with Gasteiger partial charge in [0, 0.05) is 11.1 Å². The van der Waals surface area contributed by atoms with Crippen LogP contribution in [0.1, 0.15) is 25.7 Å². The summed E-state index contributed by atoms with van der Waals surface area (Å²) in [5.74, 6) is 1.03. The monoisotopic (exact) mass is 433 g/mol. The number of rotatable bonds is 6. The topological polar surface area (TPSA) is 94.3 Å². The normalized spacial score (nSPS) is 20.4. The zero-order chi connectivity index (χ0) is 20.8. The highest BCUT2D eigenvalue weighted by molar-refractivity contribution is 7.89. The molecule has 0 unspecified atom stereocenters. The molecule has 1 aliphatic rings. The Balaban J connectivity index is 1.60. The van der Waals surface area contributed by atoms with Gasteiger partial charge in [-0.1, -0.05) is 48.8 Å². The number of benzene rings is 2. The Bertz CT molecular complexity index is 1150. The average molecular weight is 434 g/mol. The minimum atomic E-state index is -3.65. The predicted octanol–water partition coefficient (Wildman–Crippen LogP) is 3.87. The largest absolute Gasteiger partial charge is 0.496 e. The SMILES string of the molecule is COc1ccc(Cl)cc1-c1noc([C@H]2[C@@H](NS(=O)(=O)c3ccccc3)C2(C)C)n1. The van der Waals surface area contributed by atoms with Crippen molar-refractivity contribution >= 4 is 21.6 Å². The van der Waals surface area contributed by atoms with Crippen molar-refractivity contribution < 1.29 is 17.7 Å². The minimum Gasteiger partial charge on any atom is -0.496 e. The molecule has 2 atom stereocenters. The van der Waals surface area contributed by atoms with E-state index in [4.69, 9.17) is 20.9 Å². The lowest BCUT2D eigenvalue weighted by Gasteiger charge is -2.07. The van der Waals surface area contributed by atoms with Crippen molar-refractivity contribution in [3.63, 3.8) is 0 Å². The second kappa shape index (κ2) is 7.12. The Morgan fingerprint density at radius 2 is 1.90 bits per heavy atom. The molecule has 1 aliphatic carbocycles. The molecule has 29 heavy (non-hydrogen) atoms. The van der Waals surface area contributed by atoms with Crippen LogP contribution in [0.3, 0.4) is 0 Å². The number of halogens is 1. The molecule has 152 valence electrons. The summed E-state index contributed by atoms with van der Waals surface area (Å²) in [5, 5.41) is 4.57. The van der Waals surface area contributed by atoms with Crippen molar-refractivity contribution in [3.8, 4) is 17.1 Å². The maximum Gasteiger partial charge on any atom is 0.240 e. The van der Waals surface area contributed by atoms with E-state index in [1.54, 1.807) is 55.6 Å². The van der Waals surface area contributed by atoms with Gasteiger partial charge in [0.05, 0.1) is 23.5 Å². The van der Waals surface area contributed by atoms with Crippen molar-refractivity contribution in [3.05, 3.63) is 59.4 Å². The van der Waals surface area contributed by atoms with Crippen LogP contribution in [0.4, 0.5) is 0 Å². The molecule has 4 rings (SSSR count). The van der Waals surface area contributed by atoms with Crippen molar-refractivity contribution in [1.29, 1.82) is 0 Å². The van der Waals surface area contributed by atoms with E-state index in [9.17, 15) is 8.42 Å². The smallest absolute Gasteiger partial charge is 0.240 e. The summed E-state index contributed by atoms with van der Waals surface area (Å²) in [7, 11) is -2.10. The number of ether oxygens (including phenoxy) is 1. The summed E-state index contributed by atoms with van der Waals surface area (Å²) in [4.78, 5) is 4.71. The Morgan fingerprint density at radius 3 is 2.59 bits per heavy atom. The Morgan fingerprint density at radius 1 is 1.17 bits per heavy atom. The molecule has 2 aromatic carbocycles. The van der Waals surface area contributed by atoms with Crippen LogP contribution in [-0.4, -0.2) is 31.7 Å². The molecule has 0 aliphatic heterocycles. The lowest BCUT2D eigenvalue weighted by atomic mass is 10.1. The number of hydrogen-bond donors (Lipinski definition) is 1. The zero-order valence-electron chi connectivity index (χ0n) is 16.1. The molecule has 1 heterocycles. The number of methoxy groups -OCH3 is 1. The summed E-state index contributed by atoms with van der Waals surface area (Å²) >= 11 is 6.09. The number of nitrogens with one attached hydrogen (secondary N) is 1. The molecule has 1 N–H and O–H groups in total. The van der Waals surface area contributed by atoms with Gasteiger partial charge in [-0.3, -0.25) is 0 Å². The van der Waals surface area contributed by atoms with Gasteiger partial charge in [-0.25, -0.2) is 13.1 Å². The van der Waals surface area contributed by atoms with Crippen molar-refractivity contribution in [2.45, 2.75) is 30.7 Å². The van der Waals surface area contributed by atoms with E-state index in [1.807, 2.05) is 13.8 Å². The summed E-state index contributed by atoms with van der Waals surface area (Å²) in [5.41, 5.74) is 0.235. The van der Waals surface area contributed by atoms with Crippen molar-refractivity contribution in [1.82, 2.24) is 14.9 Å². The van der Waals surface area contributed by atoms with E-state index < -0.39 is 10.0 Å². The molecule has 1 fully saturated rings. The number of hydrogen-bond acceptors (Lipinski definition) is 6. The Kier molecular flexibility index (Phi) is 4.88. The van der Waals surface area contributed by atoms with Gasteiger partial charge in [-0.15, -0.1) is 0 Å². The summed E-state index contributed by atoms with van der Waals surface area (Å²) < 4.78 is 39.0. The fourth-order valence-electron chi connectivity index (χ4n) is 3.48. The molecule has 0 amide bonds. The molecular weight excluding hydrogens is 414 g/mol. The number of nitrogens with zero attached hydrogens (tertiary/aromatic N) is 2. The third-order valence-electron chi connectivity index (χ3n) is 5.27. The van der Waals surface area contributed by atoms with Crippen LogP contribution in [0.5, 0.6) is 5.75 Å². The van der Waals surface area contributed by atoms with Gasteiger partial charge in [0.1, 0.15) is 5.75 Å². The lowest BCUT2D eigenvalue weighted by Crippen LogP contribution is -2.29. The van der Waals surface area contributed by atoms with Crippen molar-refractivity contribution in [2.75, 3.05) is 7.11 Å². The molecule has 3 aromatic rings. The summed E-state index contributed by atoms with van der Waals surface area (Å²) in [6.07, 6.45) is 0. The molecule has 0 spiro atoms. The van der Waals surface area contributed by atoms with E-state index >= 15 is 0 Å². The Labute approximate surface area is 174 Å². The first-order valence-electron chi connectivity index (χ1n) is 8.99. The van der Waals surface area contributed by atoms with Crippen LogP contribution in [-0.2, 0) is 10.0 Å². The molecular formula is C20H20ClN3O4S. The maximum absolute atomic E-state index is 12.7. The van der Waals surface area contributed by atoms with E-state index in [-0.39, 0.29) is 22.3 Å². The predicted molar refractivity (Wildman–Crippen MR) is 108 cm³/mol. The molecule has 1 aromatic heterocycles. The van der Waals surface area contributed by atoms with E-state index in [1.165, 1.54) is 0 Å². The van der Waals surface area contributed by atoms with Gasteiger partial charge in [0.15, 0.2) is 0 Å². The first-order chi connectivity index (χ1) is 13.7. The summed E-state index contributed by atoms with van der Waals surface area (Å²) in [6, 6.07) is 13.0. The van der Waals surface area contributed by atoms with Gasteiger partial charge in [-0.05, 0) is 35.7 Å². The molecule has 0 radical (unpaired) electrons. The van der Waals surface area contributed by atoms with Gasteiger partial charge in [0.25, 0.3) is 0 Å². The highest BCUT2D eigenvalue weighted by Gasteiger charge is 2.63. The first-order valence-corrected chi connectivity index (χ1v) is 10.8. The highest BCUT2D eigenvalue weighted by atomic mass is 35.5. The first kappa shape index (κ1) is 19.9. The quantitative estimate of drug-likeness (QED) is 0.634. The minimum absolute atomic E-state index is 0.219. The van der Waals surface area contributed by atoms with Gasteiger partial charge in [-0.2, -0.15) is 4.98 Å². The highest BCUT2D eigenvalue weighted by Crippen LogP contribution is 2.58. The second-order valence-corrected chi connectivity index (χ2v) is 9.66. The van der Waals surface area contributed by atoms with Crippen LogP contribution in [0.15, 0.2) is 57.9 Å². The van der Waals surface area contributed by atoms with Gasteiger partial charge >= 0.3 is 0 Å². The Hall–Kier alpha value is -2.42. The number of aromatic nitrogens is 2. The van der Waals surface area contributed by atoms with Crippen LogP contribution >= 0.6 is 11.6 Å².